The zero-order chi connectivity index (χ0) is 23.3. The SMILES string of the molecule is O=C(Oc1ccc(Cl)nc1)N(c1ccc(N=Nc2ccc([N+](=O)[O-])cc2)cc1)C(F)(F)F. The molecule has 0 aliphatic carbocycles. The van der Waals surface area contributed by atoms with E-state index in [-0.39, 0.29) is 22.3 Å². The number of nitro groups is 1. The maximum atomic E-state index is 13.5. The Kier molecular flexibility index (Phi) is 6.64. The number of azo groups is 1. The van der Waals surface area contributed by atoms with Gasteiger partial charge in [0.05, 0.1) is 28.2 Å². The van der Waals surface area contributed by atoms with Crippen molar-refractivity contribution in [3.63, 3.8) is 0 Å². The van der Waals surface area contributed by atoms with Crippen LogP contribution in [0.1, 0.15) is 0 Å². The molecule has 13 heteroatoms. The second-order valence-electron chi connectivity index (χ2n) is 5.98. The Morgan fingerprint density at radius 2 is 1.56 bits per heavy atom. The fraction of sp³-hybridized carbons (Fsp3) is 0.0526. The molecule has 3 rings (SSSR count). The zero-order valence-corrected chi connectivity index (χ0v) is 16.5. The van der Waals surface area contributed by atoms with Crippen LogP contribution in [0.2, 0.25) is 5.15 Å². The lowest BCUT2D eigenvalue weighted by atomic mass is 10.2. The van der Waals surface area contributed by atoms with Gasteiger partial charge in [0, 0.05) is 12.1 Å². The van der Waals surface area contributed by atoms with Crippen LogP contribution in [0.15, 0.2) is 77.1 Å². The predicted molar refractivity (Wildman–Crippen MR) is 108 cm³/mol. The van der Waals surface area contributed by atoms with Crippen molar-refractivity contribution < 1.29 is 27.6 Å². The molecule has 0 N–H and O–H groups in total. The van der Waals surface area contributed by atoms with Crippen LogP contribution < -0.4 is 9.64 Å². The maximum Gasteiger partial charge on any atom is 0.494 e. The number of hydrogen-bond donors (Lipinski definition) is 0. The number of non-ortho nitro benzene ring substituents is 1. The van der Waals surface area contributed by atoms with Gasteiger partial charge in [0.1, 0.15) is 5.15 Å². The van der Waals surface area contributed by atoms with E-state index in [4.69, 9.17) is 16.3 Å². The van der Waals surface area contributed by atoms with Gasteiger partial charge in [0.15, 0.2) is 5.75 Å². The fourth-order valence-corrected chi connectivity index (χ4v) is 2.46. The number of rotatable bonds is 5. The van der Waals surface area contributed by atoms with Gasteiger partial charge in [-0.05, 0) is 48.5 Å². The third-order valence-corrected chi connectivity index (χ3v) is 4.01. The summed E-state index contributed by atoms with van der Waals surface area (Å²) in [5.41, 5.74) is -0.151. The highest BCUT2D eigenvalue weighted by Gasteiger charge is 2.43. The number of carbonyl (C=O) groups is 1. The largest absolute Gasteiger partial charge is 0.494 e. The Morgan fingerprint density at radius 3 is 2.03 bits per heavy atom. The summed E-state index contributed by atoms with van der Waals surface area (Å²) >= 11 is 5.59. The Labute approximate surface area is 182 Å². The second kappa shape index (κ2) is 9.39. The zero-order valence-electron chi connectivity index (χ0n) is 15.7. The number of alkyl halides is 3. The quantitative estimate of drug-likeness (QED) is 0.139. The predicted octanol–water partition coefficient (Wildman–Crippen LogP) is 6.58. The van der Waals surface area contributed by atoms with Crippen molar-refractivity contribution in [3.05, 3.63) is 82.1 Å². The summed E-state index contributed by atoms with van der Waals surface area (Å²) in [4.78, 5) is 25.4. The number of halogens is 4. The minimum atomic E-state index is -5.07. The monoisotopic (exact) mass is 465 g/mol. The first kappa shape index (κ1) is 22.6. The highest BCUT2D eigenvalue weighted by molar-refractivity contribution is 6.29. The number of benzene rings is 2. The number of nitro benzene ring substituents is 1. The molecule has 1 heterocycles. The van der Waals surface area contributed by atoms with Gasteiger partial charge in [0.2, 0.25) is 0 Å². The molecule has 0 radical (unpaired) electrons. The van der Waals surface area contributed by atoms with E-state index in [1.807, 2.05) is 0 Å². The summed E-state index contributed by atoms with van der Waals surface area (Å²) < 4.78 is 45.2. The summed E-state index contributed by atoms with van der Waals surface area (Å²) in [6, 6.07) is 12.1. The number of aromatic nitrogens is 1. The molecular formula is C19H11ClF3N5O4. The van der Waals surface area contributed by atoms with Crippen LogP contribution in [0.5, 0.6) is 5.75 Å². The summed E-state index contributed by atoms with van der Waals surface area (Å²) in [5.74, 6) is -0.220. The molecule has 0 atom stereocenters. The van der Waals surface area contributed by atoms with Crippen LogP contribution in [0, 0.1) is 10.1 Å². The van der Waals surface area contributed by atoms with Crippen molar-refractivity contribution in [2.24, 2.45) is 10.2 Å². The van der Waals surface area contributed by atoms with E-state index in [1.54, 1.807) is 0 Å². The molecule has 0 aliphatic rings. The van der Waals surface area contributed by atoms with Gasteiger partial charge in [-0.25, -0.2) is 9.78 Å². The molecule has 164 valence electrons. The summed E-state index contributed by atoms with van der Waals surface area (Å²) in [6.45, 7) is 0. The van der Waals surface area contributed by atoms with Crippen molar-refractivity contribution in [2.75, 3.05) is 4.90 Å². The lowest BCUT2D eigenvalue weighted by Crippen LogP contribution is -2.44. The highest BCUT2D eigenvalue weighted by atomic mass is 35.5. The van der Waals surface area contributed by atoms with Gasteiger partial charge < -0.3 is 4.74 Å². The topological polar surface area (TPSA) is 110 Å². The molecule has 32 heavy (non-hydrogen) atoms. The van der Waals surface area contributed by atoms with Crippen LogP contribution in [-0.4, -0.2) is 22.3 Å². The number of amides is 1. The molecule has 1 aromatic heterocycles. The van der Waals surface area contributed by atoms with Crippen molar-refractivity contribution in [3.8, 4) is 5.75 Å². The van der Waals surface area contributed by atoms with Gasteiger partial charge in [-0.15, -0.1) is 13.2 Å². The van der Waals surface area contributed by atoms with Crippen molar-refractivity contribution in [2.45, 2.75) is 6.30 Å². The van der Waals surface area contributed by atoms with Gasteiger partial charge in [-0.2, -0.15) is 15.1 Å². The molecular weight excluding hydrogens is 455 g/mol. The molecule has 2 aromatic carbocycles. The second-order valence-corrected chi connectivity index (χ2v) is 6.36. The average molecular weight is 466 g/mol. The van der Waals surface area contributed by atoms with Crippen molar-refractivity contribution in [1.29, 1.82) is 0 Å². The number of hydrogen-bond acceptors (Lipinski definition) is 7. The molecule has 0 unspecified atom stereocenters. The third kappa shape index (κ3) is 5.76. The number of pyridine rings is 1. The van der Waals surface area contributed by atoms with E-state index in [0.717, 1.165) is 18.3 Å². The summed E-state index contributed by atoms with van der Waals surface area (Å²) in [5, 5.41) is 18.4. The minimum absolute atomic E-state index is 0.0796. The molecule has 9 nitrogen and oxygen atoms in total. The van der Waals surface area contributed by atoms with Crippen LogP contribution in [0.4, 0.5) is 40.7 Å². The normalized spacial score (nSPS) is 11.4. The molecule has 0 fully saturated rings. The van der Waals surface area contributed by atoms with Gasteiger partial charge >= 0.3 is 12.4 Å². The van der Waals surface area contributed by atoms with Crippen molar-refractivity contribution >= 4 is 40.4 Å². The van der Waals surface area contributed by atoms with E-state index >= 15 is 0 Å². The minimum Gasteiger partial charge on any atom is -0.408 e. The van der Waals surface area contributed by atoms with Crippen LogP contribution in [-0.2, 0) is 0 Å². The standard InChI is InChI=1S/C19H11ClF3N5O4/c20-17-10-9-16(11-24-17)32-18(29)27(19(21,22)23)14-5-1-12(2-6-14)25-26-13-3-7-15(8-4-13)28(30)31/h1-11H. The van der Waals surface area contributed by atoms with Gasteiger partial charge in [-0.1, -0.05) is 11.6 Å². The first-order valence-electron chi connectivity index (χ1n) is 8.60. The van der Waals surface area contributed by atoms with Crippen LogP contribution in [0.25, 0.3) is 0 Å². The molecule has 0 saturated carbocycles. The Hall–Kier alpha value is -4.06. The maximum absolute atomic E-state index is 13.5. The molecule has 0 aliphatic heterocycles. The molecule has 0 spiro atoms. The van der Waals surface area contributed by atoms with E-state index in [9.17, 15) is 28.1 Å². The number of ether oxygens (including phenoxy) is 1. The highest BCUT2D eigenvalue weighted by Crippen LogP contribution is 2.31. The van der Waals surface area contributed by atoms with Gasteiger partial charge in [0.25, 0.3) is 5.69 Å². The fourth-order valence-electron chi connectivity index (χ4n) is 2.35. The lowest BCUT2D eigenvalue weighted by molar-refractivity contribution is -0.384. The summed E-state index contributed by atoms with van der Waals surface area (Å²) in [6.07, 6.45) is -5.75. The van der Waals surface area contributed by atoms with E-state index in [0.29, 0.717) is 5.69 Å². The Morgan fingerprint density at radius 1 is 1.00 bits per heavy atom. The molecule has 0 saturated heterocycles. The van der Waals surface area contributed by atoms with Crippen molar-refractivity contribution in [1.82, 2.24) is 4.98 Å². The van der Waals surface area contributed by atoms with E-state index in [1.165, 1.54) is 48.5 Å². The molecule has 3 aromatic rings. The number of nitrogens with zero attached hydrogens (tertiary/aromatic N) is 5. The third-order valence-electron chi connectivity index (χ3n) is 3.79. The molecule has 0 bridgehead atoms. The first-order chi connectivity index (χ1) is 15.1. The average Bonchev–Trinajstić information content (AvgIpc) is 2.74. The molecule has 1 amide bonds. The van der Waals surface area contributed by atoms with Crippen LogP contribution >= 0.6 is 11.6 Å². The van der Waals surface area contributed by atoms with E-state index in [2.05, 4.69) is 15.2 Å². The first-order valence-corrected chi connectivity index (χ1v) is 8.98. The van der Waals surface area contributed by atoms with E-state index < -0.39 is 27.9 Å². The Bertz CT molecular complexity index is 1140. The summed E-state index contributed by atoms with van der Waals surface area (Å²) in [7, 11) is 0. The van der Waals surface area contributed by atoms with Gasteiger partial charge in [-0.3, -0.25) is 10.1 Å². The smallest absolute Gasteiger partial charge is 0.408 e. The van der Waals surface area contributed by atoms with Crippen LogP contribution in [0.3, 0.4) is 0 Å². The number of carbonyl (C=O) groups excluding carboxylic acids is 1. The Balaban J connectivity index is 1.76. The number of anilines is 1. The lowest BCUT2D eigenvalue weighted by Gasteiger charge is -2.24.